The molecule has 1 N–H and O–H groups in total. The van der Waals surface area contributed by atoms with Crippen LogP contribution in [0.5, 0.6) is 11.5 Å². The molecule has 0 spiro atoms. The van der Waals surface area contributed by atoms with Crippen LogP contribution in [0.25, 0.3) is 0 Å². The molecule has 4 rings (SSSR count). The number of aliphatic hydroxyl groups excluding tert-OH is 1. The molecule has 0 amide bonds. The second kappa shape index (κ2) is 13.1. The van der Waals surface area contributed by atoms with E-state index in [1.165, 1.54) is 5.56 Å². The summed E-state index contributed by atoms with van der Waals surface area (Å²) in [6, 6.07) is 18.2. The number of nitrogens with zero attached hydrogens (tertiary/aromatic N) is 2. The zero-order chi connectivity index (χ0) is 19.9. The van der Waals surface area contributed by atoms with Gasteiger partial charge in [0.2, 0.25) is 0 Å². The normalized spacial score (nSPS) is 19.7. The number of aliphatic hydroxyl groups is 1. The summed E-state index contributed by atoms with van der Waals surface area (Å²) in [4.78, 5) is 4.78. The third-order valence-electron chi connectivity index (χ3n) is 5.36. The maximum atomic E-state index is 10.3. The molecule has 0 bridgehead atoms. The average molecular weight is 471 g/mol. The summed E-state index contributed by atoms with van der Waals surface area (Å²) in [5.74, 6) is 1.52. The molecule has 2 heterocycles. The lowest BCUT2D eigenvalue weighted by molar-refractivity contribution is -0.0322. The molecular formula is C23H32Cl2N2O4. The van der Waals surface area contributed by atoms with Crippen molar-refractivity contribution in [2.45, 2.75) is 18.8 Å². The summed E-state index contributed by atoms with van der Waals surface area (Å²) in [5.41, 5.74) is 1.35. The predicted molar refractivity (Wildman–Crippen MR) is 126 cm³/mol. The first-order chi connectivity index (χ1) is 14.3. The minimum absolute atomic E-state index is 0. The lowest BCUT2D eigenvalue weighted by atomic mass is 10.2. The molecular weight excluding hydrogens is 439 g/mol. The Morgan fingerprint density at radius 2 is 1.55 bits per heavy atom. The second-order valence-corrected chi connectivity index (χ2v) is 7.75. The van der Waals surface area contributed by atoms with Gasteiger partial charge in [-0.05, 0) is 17.7 Å². The lowest BCUT2D eigenvalue weighted by Crippen LogP contribution is -2.48. The maximum absolute atomic E-state index is 10.3. The number of hydrogen-bond donors (Lipinski definition) is 1. The Kier molecular flexibility index (Phi) is 10.9. The average Bonchev–Trinajstić information content (AvgIpc) is 2.76. The van der Waals surface area contributed by atoms with Gasteiger partial charge in [-0.15, -0.1) is 24.8 Å². The van der Waals surface area contributed by atoms with Crippen molar-refractivity contribution in [2.24, 2.45) is 0 Å². The molecule has 8 heteroatoms. The quantitative estimate of drug-likeness (QED) is 0.639. The number of rotatable bonds is 8. The van der Waals surface area contributed by atoms with Crippen LogP contribution in [0.2, 0.25) is 0 Å². The third kappa shape index (κ3) is 7.83. The van der Waals surface area contributed by atoms with Crippen molar-refractivity contribution >= 4 is 24.8 Å². The van der Waals surface area contributed by atoms with E-state index in [1.807, 2.05) is 24.3 Å². The zero-order valence-electron chi connectivity index (χ0n) is 17.6. The molecule has 2 aromatic rings. The van der Waals surface area contributed by atoms with Crippen molar-refractivity contribution in [1.82, 2.24) is 9.80 Å². The first-order valence-electron chi connectivity index (χ1n) is 10.4. The maximum Gasteiger partial charge on any atom is 0.161 e. The number of benzene rings is 2. The van der Waals surface area contributed by atoms with Crippen LogP contribution < -0.4 is 9.47 Å². The molecule has 0 saturated carbocycles. The second-order valence-electron chi connectivity index (χ2n) is 7.75. The van der Waals surface area contributed by atoms with Gasteiger partial charge < -0.3 is 19.3 Å². The molecule has 2 atom stereocenters. The summed E-state index contributed by atoms with van der Waals surface area (Å²) in [6.45, 7) is 6.82. The fourth-order valence-corrected chi connectivity index (χ4v) is 3.80. The van der Waals surface area contributed by atoms with Gasteiger partial charge in [-0.25, -0.2) is 0 Å². The van der Waals surface area contributed by atoms with Gasteiger partial charge in [-0.3, -0.25) is 9.80 Å². The number of halogens is 2. The number of para-hydroxylation sites is 2. The molecule has 0 aromatic heterocycles. The molecule has 172 valence electrons. The highest BCUT2D eigenvalue weighted by molar-refractivity contribution is 5.85. The largest absolute Gasteiger partial charge is 0.486 e. The van der Waals surface area contributed by atoms with Gasteiger partial charge in [0.05, 0.1) is 19.3 Å². The van der Waals surface area contributed by atoms with E-state index in [0.29, 0.717) is 26.4 Å². The first-order valence-corrected chi connectivity index (χ1v) is 10.4. The van der Waals surface area contributed by atoms with Crippen molar-refractivity contribution in [3.05, 3.63) is 60.2 Å². The van der Waals surface area contributed by atoms with Crippen LogP contribution in [-0.4, -0.2) is 79.7 Å². The molecule has 6 nitrogen and oxygen atoms in total. The molecule has 0 aliphatic carbocycles. The Hall–Kier alpha value is -1.54. The van der Waals surface area contributed by atoms with E-state index in [0.717, 1.165) is 44.2 Å². The van der Waals surface area contributed by atoms with Crippen molar-refractivity contribution in [1.29, 1.82) is 0 Å². The summed E-state index contributed by atoms with van der Waals surface area (Å²) in [6.07, 6.45) is -0.633. The number of hydrogen-bond acceptors (Lipinski definition) is 6. The molecule has 0 radical (unpaired) electrons. The highest BCUT2D eigenvalue weighted by atomic mass is 35.5. The standard InChI is InChI=1S/C23H30N2O4.2ClH/c26-20(16-27-17-21-18-28-22-8-4-5-9-23(22)29-21)15-25-12-10-24(11-13-25)14-19-6-2-1-3-7-19;;/h1-9,20-21,26H,10-18H2;2*1H. The fourth-order valence-electron chi connectivity index (χ4n) is 3.80. The van der Waals surface area contributed by atoms with Crippen LogP contribution in [0.15, 0.2) is 54.6 Å². The van der Waals surface area contributed by atoms with Gasteiger partial charge in [0.1, 0.15) is 6.61 Å². The molecule has 1 saturated heterocycles. The van der Waals surface area contributed by atoms with Crippen molar-refractivity contribution in [3.63, 3.8) is 0 Å². The Labute approximate surface area is 196 Å². The van der Waals surface area contributed by atoms with Gasteiger partial charge >= 0.3 is 0 Å². The molecule has 2 aliphatic heterocycles. The van der Waals surface area contributed by atoms with E-state index in [4.69, 9.17) is 14.2 Å². The predicted octanol–water partition coefficient (Wildman–Crippen LogP) is 2.87. The van der Waals surface area contributed by atoms with Gasteiger partial charge in [0.15, 0.2) is 17.6 Å². The first kappa shape index (κ1) is 25.7. The van der Waals surface area contributed by atoms with Gasteiger partial charge in [0.25, 0.3) is 0 Å². The Morgan fingerprint density at radius 1 is 0.903 bits per heavy atom. The Bertz CT molecular complexity index is 760. The van der Waals surface area contributed by atoms with Crippen LogP contribution >= 0.6 is 24.8 Å². The van der Waals surface area contributed by atoms with Gasteiger partial charge in [-0.1, -0.05) is 42.5 Å². The lowest BCUT2D eigenvalue weighted by Gasteiger charge is -2.35. The summed E-state index contributed by atoms with van der Waals surface area (Å²) in [5, 5.41) is 10.3. The van der Waals surface area contributed by atoms with Crippen LogP contribution in [0, 0.1) is 0 Å². The zero-order valence-corrected chi connectivity index (χ0v) is 19.2. The molecule has 2 unspecified atom stereocenters. The van der Waals surface area contributed by atoms with Crippen LogP contribution in [0.3, 0.4) is 0 Å². The fraction of sp³-hybridized carbons (Fsp3) is 0.478. The third-order valence-corrected chi connectivity index (χ3v) is 5.36. The minimum atomic E-state index is -0.493. The summed E-state index contributed by atoms with van der Waals surface area (Å²) >= 11 is 0. The van der Waals surface area contributed by atoms with Crippen LogP contribution in [0.4, 0.5) is 0 Å². The molecule has 2 aliphatic rings. The van der Waals surface area contributed by atoms with E-state index in [9.17, 15) is 5.11 Å². The van der Waals surface area contributed by atoms with E-state index in [1.54, 1.807) is 0 Å². The number of piperazine rings is 1. The summed E-state index contributed by atoms with van der Waals surface area (Å²) < 4.78 is 17.3. The SMILES string of the molecule is Cl.Cl.OC(COCC1COc2ccccc2O1)CN1CCN(Cc2ccccc2)CC1. The van der Waals surface area contributed by atoms with Crippen LogP contribution in [0.1, 0.15) is 5.56 Å². The highest BCUT2D eigenvalue weighted by Crippen LogP contribution is 2.30. The van der Waals surface area contributed by atoms with E-state index < -0.39 is 6.10 Å². The smallest absolute Gasteiger partial charge is 0.161 e. The Morgan fingerprint density at radius 3 is 2.29 bits per heavy atom. The highest BCUT2D eigenvalue weighted by Gasteiger charge is 2.22. The Balaban J connectivity index is 0.00000171. The molecule has 2 aromatic carbocycles. The van der Waals surface area contributed by atoms with Crippen LogP contribution in [-0.2, 0) is 11.3 Å². The number of fused-ring (bicyclic) bond motifs is 1. The number of ether oxygens (including phenoxy) is 3. The van der Waals surface area contributed by atoms with Gasteiger partial charge in [-0.2, -0.15) is 0 Å². The monoisotopic (exact) mass is 470 g/mol. The molecule has 1 fully saturated rings. The van der Waals surface area contributed by atoms with Gasteiger partial charge in [0, 0.05) is 39.3 Å². The minimum Gasteiger partial charge on any atom is -0.486 e. The summed E-state index contributed by atoms with van der Waals surface area (Å²) in [7, 11) is 0. The topological polar surface area (TPSA) is 54.4 Å². The molecule has 31 heavy (non-hydrogen) atoms. The van der Waals surface area contributed by atoms with E-state index in [2.05, 4.69) is 40.1 Å². The van der Waals surface area contributed by atoms with Crippen molar-refractivity contribution < 1.29 is 19.3 Å². The van der Waals surface area contributed by atoms with E-state index in [-0.39, 0.29) is 30.9 Å². The van der Waals surface area contributed by atoms with Crippen molar-refractivity contribution in [2.75, 3.05) is 52.5 Å². The van der Waals surface area contributed by atoms with E-state index >= 15 is 0 Å². The van der Waals surface area contributed by atoms with Crippen molar-refractivity contribution in [3.8, 4) is 11.5 Å². The number of β-amino-alcohol motifs (C(OH)–C–C–N with tert-alkyl or cyclic N) is 1.